The summed E-state index contributed by atoms with van der Waals surface area (Å²) in [5.41, 5.74) is 8.63. The Bertz CT molecular complexity index is 320. The fourth-order valence-electron chi connectivity index (χ4n) is 1.52. The summed E-state index contributed by atoms with van der Waals surface area (Å²) >= 11 is 3.54. The number of halogens is 1. The summed E-state index contributed by atoms with van der Waals surface area (Å²) in [4.78, 5) is 0. The smallest absolute Gasteiger partial charge is 0.0295 e. The number of rotatable bonds is 4. The molecule has 0 radical (unpaired) electrons. The second kappa shape index (κ2) is 5.66. The van der Waals surface area contributed by atoms with Crippen molar-refractivity contribution in [2.24, 2.45) is 11.7 Å². The summed E-state index contributed by atoms with van der Waals surface area (Å²) in [6.07, 6.45) is 2.25. The highest BCUT2D eigenvalue weighted by Crippen LogP contribution is 2.24. The Morgan fingerprint density at radius 2 is 1.93 bits per heavy atom. The van der Waals surface area contributed by atoms with Gasteiger partial charge < -0.3 is 5.73 Å². The van der Waals surface area contributed by atoms with Crippen LogP contribution in [0.3, 0.4) is 0 Å². The van der Waals surface area contributed by atoms with Gasteiger partial charge in [-0.05, 0) is 42.9 Å². The van der Waals surface area contributed by atoms with Gasteiger partial charge in [-0.15, -0.1) is 0 Å². The first-order chi connectivity index (χ1) is 7.00. The lowest BCUT2D eigenvalue weighted by Gasteiger charge is -2.14. The van der Waals surface area contributed by atoms with Crippen molar-refractivity contribution in [1.82, 2.24) is 0 Å². The average molecular weight is 270 g/mol. The molecule has 0 aliphatic rings. The van der Waals surface area contributed by atoms with Crippen molar-refractivity contribution in [2.75, 3.05) is 0 Å². The highest BCUT2D eigenvalue weighted by atomic mass is 79.9. The Hall–Kier alpha value is -0.340. The summed E-state index contributed by atoms with van der Waals surface area (Å²) in [5, 5.41) is 0. The minimum atomic E-state index is 0.171. The second-order valence-electron chi connectivity index (χ2n) is 4.59. The number of hydrogen-bond acceptors (Lipinski definition) is 1. The van der Waals surface area contributed by atoms with Gasteiger partial charge in [0.25, 0.3) is 0 Å². The van der Waals surface area contributed by atoms with Gasteiger partial charge in [0.1, 0.15) is 0 Å². The van der Waals surface area contributed by atoms with Crippen LogP contribution in [-0.2, 0) is 0 Å². The highest BCUT2D eigenvalue weighted by molar-refractivity contribution is 9.10. The van der Waals surface area contributed by atoms with Gasteiger partial charge in [0.05, 0.1) is 0 Å². The summed E-state index contributed by atoms with van der Waals surface area (Å²) in [7, 11) is 0. The molecule has 0 amide bonds. The number of benzene rings is 1. The standard InChI is InChI=1S/C13H20BrN/c1-9(2)4-7-13(15)11-6-5-10(3)12(14)8-11/h5-6,8-9,13H,4,7,15H2,1-3H3. The molecule has 0 aromatic heterocycles. The normalized spacial score (nSPS) is 13.2. The highest BCUT2D eigenvalue weighted by Gasteiger charge is 2.08. The maximum absolute atomic E-state index is 6.14. The largest absolute Gasteiger partial charge is 0.324 e. The van der Waals surface area contributed by atoms with Crippen molar-refractivity contribution >= 4 is 15.9 Å². The molecule has 0 fully saturated rings. The van der Waals surface area contributed by atoms with E-state index in [1.54, 1.807) is 0 Å². The van der Waals surface area contributed by atoms with E-state index in [1.807, 2.05) is 0 Å². The average Bonchev–Trinajstić information content (AvgIpc) is 2.18. The molecule has 2 heteroatoms. The Morgan fingerprint density at radius 1 is 1.27 bits per heavy atom. The predicted molar refractivity (Wildman–Crippen MR) is 69.9 cm³/mol. The van der Waals surface area contributed by atoms with Crippen molar-refractivity contribution < 1.29 is 0 Å². The van der Waals surface area contributed by atoms with Crippen LogP contribution in [0.2, 0.25) is 0 Å². The molecule has 0 aliphatic heterocycles. The van der Waals surface area contributed by atoms with Crippen LogP contribution >= 0.6 is 15.9 Å². The van der Waals surface area contributed by atoms with Gasteiger partial charge in [-0.1, -0.05) is 41.9 Å². The zero-order valence-corrected chi connectivity index (χ0v) is 11.3. The van der Waals surface area contributed by atoms with E-state index >= 15 is 0 Å². The maximum Gasteiger partial charge on any atom is 0.0295 e. The van der Waals surface area contributed by atoms with E-state index in [-0.39, 0.29) is 6.04 Å². The molecule has 0 aliphatic carbocycles. The predicted octanol–water partition coefficient (Wildman–Crippen LogP) is 4.19. The van der Waals surface area contributed by atoms with Gasteiger partial charge in [-0.25, -0.2) is 0 Å². The van der Waals surface area contributed by atoms with E-state index in [1.165, 1.54) is 17.5 Å². The van der Waals surface area contributed by atoms with Gasteiger partial charge in [0.15, 0.2) is 0 Å². The third-order valence-electron chi connectivity index (χ3n) is 2.68. The van der Waals surface area contributed by atoms with E-state index < -0.39 is 0 Å². The molecular weight excluding hydrogens is 250 g/mol. The molecule has 2 N–H and O–H groups in total. The zero-order valence-electron chi connectivity index (χ0n) is 9.76. The monoisotopic (exact) mass is 269 g/mol. The quantitative estimate of drug-likeness (QED) is 0.872. The minimum absolute atomic E-state index is 0.171. The van der Waals surface area contributed by atoms with E-state index in [2.05, 4.69) is 54.9 Å². The molecule has 0 saturated carbocycles. The molecule has 1 rings (SSSR count). The van der Waals surface area contributed by atoms with Crippen LogP contribution in [0.4, 0.5) is 0 Å². The Balaban J connectivity index is 2.65. The van der Waals surface area contributed by atoms with Crippen LogP contribution < -0.4 is 5.73 Å². The summed E-state index contributed by atoms with van der Waals surface area (Å²) in [6, 6.07) is 6.56. The fourth-order valence-corrected chi connectivity index (χ4v) is 1.92. The van der Waals surface area contributed by atoms with Crippen molar-refractivity contribution in [3.05, 3.63) is 33.8 Å². The molecule has 15 heavy (non-hydrogen) atoms. The van der Waals surface area contributed by atoms with Crippen LogP contribution in [0.5, 0.6) is 0 Å². The first kappa shape index (κ1) is 12.7. The molecule has 0 spiro atoms. The third kappa shape index (κ3) is 3.96. The van der Waals surface area contributed by atoms with Crippen LogP contribution in [0.1, 0.15) is 43.9 Å². The Labute approximate surface area is 101 Å². The molecule has 84 valence electrons. The molecule has 1 aromatic rings. The van der Waals surface area contributed by atoms with E-state index in [9.17, 15) is 0 Å². The topological polar surface area (TPSA) is 26.0 Å². The molecule has 1 unspecified atom stereocenters. The lowest BCUT2D eigenvalue weighted by atomic mass is 9.98. The molecule has 0 heterocycles. The van der Waals surface area contributed by atoms with Gasteiger partial charge in [0.2, 0.25) is 0 Å². The fraction of sp³-hybridized carbons (Fsp3) is 0.538. The lowest BCUT2D eigenvalue weighted by molar-refractivity contribution is 0.507. The molecule has 1 atom stereocenters. The number of hydrogen-bond donors (Lipinski definition) is 1. The van der Waals surface area contributed by atoms with Gasteiger partial charge >= 0.3 is 0 Å². The molecule has 0 saturated heterocycles. The van der Waals surface area contributed by atoms with Crippen LogP contribution in [0.15, 0.2) is 22.7 Å². The maximum atomic E-state index is 6.14. The molecular formula is C13H20BrN. The third-order valence-corrected chi connectivity index (χ3v) is 3.53. The van der Waals surface area contributed by atoms with Crippen LogP contribution in [0, 0.1) is 12.8 Å². The summed E-state index contributed by atoms with van der Waals surface area (Å²) in [5.74, 6) is 0.727. The summed E-state index contributed by atoms with van der Waals surface area (Å²) in [6.45, 7) is 6.56. The first-order valence-electron chi connectivity index (χ1n) is 5.52. The number of nitrogens with two attached hydrogens (primary N) is 1. The second-order valence-corrected chi connectivity index (χ2v) is 5.44. The summed E-state index contributed by atoms with van der Waals surface area (Å²) < 4.78 is 1.15. The SMILES string of the molecule is Cc1ccc(C(N)CCC(C)C)cc1Br. The van der Waals surface area contributed by atoms with Gasteiger partial charge in [-0.2, -0.15) is 0 Å². The number of aryl methyl sites for hydroxylation is 1. The first-order valence-corrected chi connectivity index (χ1v) is 6.31. The Morgan fingerprint density at radius 3 is 2.47 bits per heavy atom. The van der Waals surface area contributed by atoms with Crippen molar-refractivity contribution in [3.8, 4) is 0 Å². The zero-order chi connectivity index (χ0) is 11.4. The van der Waals surface area contributed by atoms with Crippen LogP contribution in [0.25, 0.3) is 0 Å². The van der Waals surface area contributed by atoms with Crippen molar-refractivity contribution in [3.63, 3.8) is 0 Å². The van der Waals surface area contributed by atoms with Gasteiger partial charge in [0, 0.05) is 10.5 Å². The molecule has 1 aromatic carbocycles. The van der Waals surface area contributed by atoms with E-state index in [0.717, 1.165) is 16.8 Å². The van der Waals surface area contributed by atoms with Crippen LogP contribution in [-0.4, -0.2) is 0 Å². The lowest BCUT2D eigenvalue weighted by Crippen LogP contribution is -2.11. The van der Waals surface area contributed by atoms with Crippen molar-refractivity contribution in [2.45, 2.75) is 39.7 Å². The minimum Gasteiger partial charge on any atom is -0.324 e. The Kier molecular flexibility index (Phi) is 4.81. The molecule has 0 bridgehead atoms. The van der Waals surface area contributed by atoms with E-state index in [4.69, 9.17) is 5.73 Å². The molecule has 1 nitrogen and oxygen atoms in total. The van der Waals surface area contributed by atoms with Crippen molar-refractivity contribution in [1.29, 1.82) is 0 Å². The van der Waals surface area contributed by atoms with Gasteiger partial charge in [-0.3, -0.25) is 0 Å². The van der Waals surface area contributed by atoms with E-state index in [0.29, 0.717) is 0 Å².